The van der Waals surface area contributed by atoms with Gasteiger partial charge in [-0.2, -0.15) is 0 Å². The van der Waals surface area contributed by atoms with Crippen LogP contribution in [0.25, 0.3) is 6.08 Å². The first-order chi connectivity index (χ1) is 13.0. The molecule has 3 rings (SSSR count). The first-order valence-electron chi connectivity index (χ1n) is 8.38. The number of methoxy groups -OCH3 is 1. The molecule has 1 aliphatic heterocycles. The number of para-hydroxylation sites is 2. The van der Waals surface area contributed by atoms with Crippen LogP contribution in [0.5, 0.6) is 11.5 Å². The molecule has 2 aromatic rings. The van der Waals surface area contributed by atoms with Crippen LogP contribution >= 0.6 is 39.9 Å². The fourth-order valence-corrected chi connectivity index (χ4v) is 4.37. The summed E-state index contributed by atoms with van der Waals surface area (Å²) in [7, 11) is 1.58. The molecule has 1 fully saturated rings. The van der Waals surface area contributed by atoms with Crippen LogP contribution in [0.2, 0.25) is 0 Å². The smallest absolute Gasteiger partial charge is 0.270 e. The third-order valence-corrected chi connectivity index (χ3v) is 5.76. The van der Waals surface area contributed by atoms with Gasteiger partial charge in [0, 0.05) is 0 Å². The van der Waals surface area contributed by atoms with E-state index in [4.69, 9.17) is 21.7 Å². The van der Waals surface area contributed by atoms with Gasteiger partial charge >= 0.3 is 0 Å². The van der Waals surface area contributed by atoms with Crippen molar-refractivity contribution in [3.63, 3.8) is 0 Å². The number of nitrogens with zero attached hydrogens (tertiary/aromatic N) is 1. The van der Waals surface area contributed by atoms with E-state index in [-0.39, 0.29) is 5.91 Å². The number of amides is 1. The van der Waals surface area contributed by atoms with Crippen molar-refractivity contribution in [2.24, 2.45) is 0 Å². The van der Waals surface area contributed by atoms with Gasteiger partial charge in [-0.25, -0.2) is 0 Å². The molecule has 0 spiro atoms. The molecule has 0 saturated carbocycles. The van der Waals surface area contributed by atoms with Crippen molar-refractivity contribution < 1.29 is 14.3 Å². The van der Waals surface area contributed by atoms with Gasteiger partial charge in [0.1, 0.15) is 11.5 Å². The van der Waals surface area contributed by atoms with E-state index >= 15 is 0 Å². The summed E-state index contributed by atoms with van der Waals surface area (Å²) >= 11 is 10.2. The third kappa shape index (κ3) is 4.36. The lowest BCUT2D eigenvalue weighted by molar-refractivity contribution is -0.113. The second kappa shape index (κ2) is 8.91. The van der Waals surface area contributed by atoms with Gasteiger partial charge in [-0.05, 0) is 58.3 Å². The second-order valence-electron chi connectivity index (χ2n) is 5.73. The van der Waals surface area contributed by atoms with Crippen molar-refractivity contribution in [3.8, 4) is 11.5 Å². The predicted molar refractivity (Wildman–Crippen MR) is 119 cm³/mol. The number of benzene rings is 2. The first-order valence-corrected chi connectivity index (χ1v) is 10.4. The maximum atomic E-state index is 12.9. The summed E-state index contributed by atoms with van der Waals surface area (Å²) in [4.78, 5) is 15.0. The molecule has 1 amide bonds. The molecule has 1 saturated heterocycles. The Hall–Kier alpha value is -1.83. The summed E-state index contributed by atoms with van der Waals surface area (Å²) in [6.07, 6.45) is 2.78. The Morgan fingerprint density at radius 3 is 2.70 bits per heavy atom. The molecule has 0 N–H and O–H groups in total. The van der Waals surface area contributed by atoms with Crippen molar-refractivity contribution in [1.29, 1.82) is 0 Å². The maximum absolute atomic E-state index is 12.9. The van der Waals surface area contributed by atoms with E-state index in [2.05, 4.69) is 22.9 Å². The number of carbonyl (C=O) groups excluding carboxylic acids is 1. The van der Waals surface area contributed by atoms with E-state index in [1.807, 2.05) is 48.5 Å². The van der Waals surface area contributed by atoms with Crippen LogP contribution in [0.15, 0.2) is 51.8 Å². The molecule has 0 radical (unpaired) electrons. The van der Waals surface area contributed by atoms with E-state index in [1.54, 1.807) is 7.11 Å². The summed E-state index contributed by atoms with van der Waals surface area (Å²) in [6.45, 7) is 2.72. The number of ether oxygens (including phenoxy) is 2. The number of thiocarbonyl (C=S) groups is 1. The average molecular weight is 464 g/mol. The number of hydrogen-bond donors (Lipinski definition) is 0. The molecule has 2 aromatic carbocycles. The van der Waals surface area contributed by atoms with Crippen LogP contribution in [0.1, 0.15) is 18.9 Å². The minimum Gasteiger partial charge on any atom is -0.495 e. The fraction of sp³-hybridized carbons (Fsp3) is 0.200. The van der Waals surface area contributed by atoms with Gasteiger partial charge in [0.15, 0.2) is 4.32 Å². The molecule has 4 nitrogen and oxygen atoms in total. The first kappa shape index (κ1) is 19.9. The molecule has 27 heavy (non-hydrogen) atoms. The molecule has 0 unspecified atom stereocenters. The highest BCUT2D eigenvalue weighted by Crippen LogP contribution is 2.40. The zero-order valence-electron chi connectivity index (χ0n) is 14.9. The number of thioether (sulfide) groups is 1. The van der Waals surface area contributed by atoms with Crippen LogP contribution < -0.4 is 14.4 Å². The molecular formula is C20H18BrNO3S2. The lowest BCUT2D eigenvalue weighted by atomic mass is 10.2. The predicted octanol–water partition coefficient (Wildman–Crippen LogP) is 5.65. The average Bonchev–Trinajstić information content (AvgIpc) is 2.94. The van der Waals surface area contributed by atoms with Crippen LogP contribution in [-0.4, -0.2) is 23.9 Å². The number of hydrogen-bond acceptors (Lipinski definition) is 5. The zero-order chi connectivity index (χ0) is 19.4. The normalized spacial score (nSPS) is 15.5. The van der Waals surface area contributed by atoms with Gasteiger partial charge in [0.05, 0.1) is 28.8 Å². The molecule has 1 heterocycles. The Kier molecular flexibility index (Phi) is 6.57. The maximum Gasteiger partial charge on any atom is 0.270 e. The van der Waals surface area contributed by atoms with Gasteiger partial charge in [0.25, 0.3) is 5.91 Å². The molecule has 0 bridgehead atoms. The number of carbonyl (C=O) groups is 1. The van der Waals surface area contributed by atoms with Crippen LogP contribution in [0, 0.1) is 0 Å². The second-order valence-corrected chi connectivity index (χ2v) is 8.26. The van der Waals surface area contributed by atoms with Gasteiger partial charge in [-0.3, -0.25) is 9.69 Å². The molecular weight excluding hydrogens is 446 g/mol. The van der Waals surface area contributed by atoms with Crippen molar-refractivity contribution in [2.75, 3.05) is 18.6 Å². The SMILES string of the molecule is CCCOc1ccc(/C=C2\SC(=S)N(c3ccccc3OC)C2=O)cc1Br. The van der Waals surface area contributed by atoms with Gasteiger partial charge in [-0.1, -0.05) is 49.1 Å². The van der Waals surface area contributed by atoms with E-state index in [0.717, 1.165) is 22.2 Å². The lowest BCUT2D eigenvalue weighted by Crippen LogP contribution is -2.27. The van der Waals surface area contributed by atoms with Gasteiger partial charge in [0.2, 0.25) is 0 Å². The Labute approximate surface area is 176 Å². The molecule has 1 aliphatic rings. The highest BCUT2D eigenvalue weighted by Gasteiger charge is 2.34. The van der Waals surface area contributed by atoms with Crippen LogP contribution in [0.4, 0.5) is 5.69 Å². The van der Waals surface area contributed by atoms with E-state index in [1.165, 1.54) is 16.7 Å². The summed E-state index contributed by atoms with van der Waals surface area (Å²) in [5.74, 6) is 1.24. The molecule has 0 aromatic heterocycles. The number of anilines is 1. The molecule has 0 atom stereocenters. The summed E-state index contributed by atoms with van der Waals surface area (Å²) < 4.78 is 12.4. The Balaban J connectivity index is 1.87. The van der Waals surface area contributed by atoms with Crippen molar-refractivity contribution in [3.05, 3.63) is 57.4 Å². The lowest BCUT2D eigenvalue weighted by Gasteiger charge is -2.17. The van der Waals surface area contributed by atoms with Crippen molar-refractivity contribution in [2.45, 2.75) is 13.3 Å². The highest BCUT2D eigenvalue weighted by atomic mass is 79.9. The molecule has 7 heteroatoms. The quantitative estimate of drug-likeness (QED) is 0.408. The number of rotatable bonds is 6. The Morgan fingerprint density at radius 2 is 2.00 bits per heavy atom. The zero-order valence-corrected chi connectivity index (χ0v) is 18.1. The minimum absolute atomic E-state index is 0.156. The summed E-state index contributed by atoms with van der Waals surface area (Å²) in [6, 6.07) is 13.1. The largest absolute Gasteiger partial charge is 0.495 e. The standard InChI is InChI=1S/C20H18BrNO3S2/c1-3-10-25-16-9-8-13(11-14(16)21)12-18-19(23)22(20(26)27-18)15-6-4-5-7-17(15)24-2/h4-9,11-12H,3,10H2,1-2H3/b18-12-. The third-order valence-electron chi connectivity index (χ3n) is 3.84. The van der Waals surface area contributed by atoms with Gasteiger partial charge < -0.3 is 9.47 Å². The Morgan fingerprint density at radius 1 is 1.22 bits per heavy atom. The van der Waals surface area contributed by atoms with E-state index in [0.29, 0.717) is 27.3 Å². The monoisotopic (exact) mass is 463 g/mol. The van der Waals surface area contributed by atoms with Crippen molar-refractivity contribution in [1.82, 2.24) is 0 Å². The molecule has 0 aliphatic carbocycles. The molecule has 140 valence electrons. The summed E-state index contributed by atoms with van der Waals surface area (Å²) in [5, 5.41) is 0. The topological polar surface area (TPSA) is 38.8 Å². The minimum atomic E-state index is -0.156. The highest BCUT2D eigenvalue weighted by molar-refractivity contribution is 9.10. The summed E-state index contributed by atoms with van der Waals surface area (Å²) in [5.41, 5.74) is 1.54. The van der Waals surface area contributed by atoms with Crippen molar-refractivity contribution >= 4 is 61.9 Å². The van der Waals surface area contributed by atoms with Crippen LogP contribution in [-0.2, 0) is 4.79 Å². The van der Waals surface area contributed by atoms with E-state index < -0.39 is 0 Å². The van der Waals surface area contributed by atoms with Crippen LogP contribution in [0.3, 0.4) is 0 Å². The number of halogens is 1. The fourth-order valence-electron chi connectivity index (χ4n) is 2.58. The van der Waals surface area contributed by atoms with E-state index in [9.17, 15) is 4.79 Å². The Bertz CT molecular complexity index is 914. The van der Waals surface area contributed by atoms with Gasteiger partial charge in [-0.15, -0.1) is 0 Å².